The van der Waals surface area contributed by atoms with Crippen molar-refractivity contribution in [1.82, 2.24) is 10.1 Å². The van der Waals surface area contributed by atoms with Gasteiger partial charge in [-0.05, 0) is 24.3 Å². The highest BCUT2D eigenvalue weighted by Crippen LogP contribution is 2.20. The molecule has 0 bridgehead atoms. The van der Waals surface area contributed by atoms with Crippen molar-refractivity contribution in [3.63, 3.8) is 0 Å². The van der Waals surface area contributed by atoms with E-state index in [4.69, 9.17) is 9.26 Å². The van der Waals surface area contributed by atoms with E-state index in [2.05, 4.69) is 10.5 Å². The van der Waals surface area contributed by atoms with Crippen LogP contribution in [0.3, 0.4) is 0 Å². The van der Waals surface area contributed by atoms with E-state index in [1.54, 1.807) is 44.4 Å². The van der Waals surface area contributed by atoms with Gasteiger partial charge in [0.05, 0.1) is 6.42 Å². The monoisotopic (exact) mass is 353 g/mol. The summed E-state index contributed by atoms with van der Waals surface area (Å²) in [6.07, 6.45) is 0.0984. The maximum atomic E-state index is 12.3. The standard InChI is InChI=1S/C19H19N3O4/c1-22(2)19(24)12-25-14-7-5-6-13(10-14)20-18(23)11-16-15-8-3-4-9-17(15)26-21-16/h3-10H,11-12H2,1-2H3,(H,20,23). The Balaban J connectivity index is 1.62. The van der Waals surface area contributed by atoms with Crippen molar-refractivity contribution in [2.45, 2.75) is 6.42 Å². The van der Waals surface area contributed by atoms with Crippen LogP contribution >= 0.6 is 0 Å². The molecule has 0 spiro atoms. The van der Waals surface area contributed by atoms with Gasteiger partial charge in [-0.2, -0.15) is 0 Å². The zero-order valence-electron chi connectivity index (χ0n) is 14.6. The normalized spacial score (nSPS) is 10.5. The number of nitrogens with zero attached hydrogens (tertiary/aromatic N) is 2. The van der Waals surface area contributed by atoms with Crippen LogP contribution in [0.1, 0.15) is 5.69 Å². The molecule has 0 aliphatic carbocycles. The highest BCUT2D eigenvalue weighted by Gasteiger charge is 2.12. The zero-order chi connectivity index (χ0) is 18.5. The van der Waals surface area contributed by atoms with Crippen LogP contribution < -0.4 is 10.1 Å². The molecule has 0 aliphatic heterocycles. The summed E-state index contributed by atoms with van der Waals surface area (Å²) in [6, 6.07) is 14.3. The third-order valence-corrected chi connectivity index (χ3v) is 3.76. The van der Waals surface area contributed by atoms with Gasteiger partial charge in [0.15, 0.2) is 12.2 Å². The molecule has 0 saturated carbocycles. The van der Waals surface area contributed by atoms with Crippen LogP contribution in [0, 0.1) is 0 Å². The summed E-state index contributed by atoms with van der Waals surface area (Å²) in [5, 5.41) is 7.58. The van der Waals surface area contributed by atoms with E-state index in [9.17, 15) is 9.59 Å². The van der Waals surface area contributed by atoms with E-state index >= 15 is 0 Å². The van der Waals surface area contributed by atoms with Crippen LogP contribution in [0.2, 0.25) is 0 Å². The quantitative estimate of drug-likeness (QED) is 0.736. The third kappa shape index (κ3) is 4.18. The Labute approximate surface area is 150 Å². The van der Waals surface area contributed by atoms with Gasteiger partial charge in [-0.3, -0.25) is 9.59 Å². The van der Waals surface area contributed by atoms with Gasteiger partial charge in [0.1, 0.15) is 11.4 Å². The summed E-state index contributed by atoms with van der Waals surface area (Å²) in [7, 11) is 3.33. The van der Waals surface area contributed by atoms with Crippen molar-refractivity contribution >= 4 is 28.5 Å². The highest BCUT2D eigenvalue weighted by molar-refractivity contribution is 5.94. The average Bonchev–Trinajstić information content (AvgIpc) is 3.03. The van der Waals surface area contributed by atoms with Gasteiger partial charge in [-0.25, -0.2) is 0 Å². The van der Waals surface area contributed by atoms with Crippen molar-refractivity contribution in [3.8, 4) is 5.75 Å². The number of rotatable bonds is 6. The minimum absolute atomic E-state index is 0.0602. The number of hydrogen-bond acceptors (Lipinski definition) is 5. The number of ether oxygens (including phenoxy) is 1. The maximum Gasteiger partial charge on any atom is 0.259 e. The molecule has 3 aromatic rings. The van der Waals surface area contributed by atoms with Gasteiger partial charge < -0.3 is 19.5 Å². The number of hydrogen-bond donors (Lipinski definition) is 1. The number of benzene rings is 2. The number of carbonyl (C=O) groups excluding carboxylic acids is 2. The predicted octanol–water partition coefficient (Wildman–Crippen LogP) is 2.48. The number of anilines is 1. The molecule has 0 atom stereocenters. The largest absolute Gasteiger partial charge is 0.484 e. The molecular formula is C19H19N3O4. The minimum atomic E-state index is -0.217. The van der Waals surface area contributed by atoms with Gasteiger partial charge in [0.25, 0.3) is 5.91 Å². The van der Waals surface area contributed by atoms with Crippen molar-refractivity contribution in [3.05, 3.63) is 54.2 Å². The third-order valence-electron chi connectivity index (χ3n) is 3.76. The molecule has 0 fully saturated rings. The molecule has 1 heterocycles. The lowest BCUT2D eigenvalue weighted by molar-refractivity contribution is -0.130. The van der Waals surface area contributed by atoms with Crippen LogP contribution in [0.15, 0.2) is 53.1 Å². The lowest BCUT2D eigenvalue weighted by Gasteiger charge is -2.12. The van der Waals surface area contributed by atoms with E-state index in [0.29, 0.717) is 22.7 Å². The second-order valence-electron chi connectivity index (χ2n) is 5.96. The van der Waals surface area contributed by atoms with Crippen molar-refractivity contribution in [2.75, 3.05) is 26.0 Å². The molecule has 0 unspecified atom stereocenters. The van der Waals surface area contributed by atoms with Gasteiger partial charge >= 0.3 is 0 Å². The first-order valence-corrected chi connectivity index (χ1v) is 8.09. The summed E-state index contributed by atoms with van der Waals surface area (Å²) < 4.78 is 10.7. The molecule has 1 N–H and O–H groups in total. The fraction of sp³-hybridized carbons (Fsp3) is 0.211. The topological polar surface area (TPSA) is 84.7 Å². The molecule has 2 aromatic carbocycles. The van der Waals surface area contributed by atoms with Crippen LogP contribution in [-0.2, 0) is 16.0 Å². The van der Waals surface area contributed by atoms with Gasteiger partial charge in [0, 0.05) is 31.2 Å². The summed E-state index contributed by atoms with van der Waals surface area (Å²) in [5.74, 6) is 0.146. The fourth-order valence-electron chi connectivity index (χ4n) is 2.36. The summed E-state index contributed by atoms with van der Waals surface area (Å²) in [5.41, 5.74) is 1.82. The van der Waals surface area contributed by atoms with Crippen LogP contribution in [0.4, 0.5) is 5.69 Å². The van der Waals surface area contributed by atoms with Crippen molar-refractivity contribution < 1.29 is 18.8 Å². The SMILES string of the molecule is CN(C)C(=O)COc1cccc(NC(=O)Cc2noc3ccccc23)c1. The van der Waals surface area contributed by atoms with E-state index < -0.39 is 0 Å². The van der Waals surface area contributed by atoms with E-state index in [1.807, 2.05) is 18.2 Å². The van der Waals surface area contributed by atoms with E-state index in [1.165, 1.54) is 4.90 Å². The average molecular weight is 353 g/mol. The molecule has 26 heavy (non-hydrogen) atoms. The molecule has 3 rings (SSSR count). The number of amides is 2. The van der Waals surface area contributed by atoms with Gasteiger partial charge in [-0.1, -0.05) is 23.4 Å². The smallest absolute Gasteiger partial charge is 0.259 e. The Kier molecular flexibility index (Phi) is 5.17. The van der Waals surface area contributed by atoms with Crippen LogP contribution in [0.25, 0.3) is 11.0 Å². The molecular weight excluding hydrogens is 334 g/mol. The molecule has 7 heteroatoms. The number of fused-ring (bicyclic) bond motifs is 1. The van der Waals surface area contributed by atoms with Gasteiger partial charge in [0.2, 0.25) is 5.91 Å². The predicted molar refractivity (Wildman–Crippen MR) is 97.0 cm³/mol. The Morgan fingerprint density at radius 3 is 2.77 bits per heavy atom. The molecule has 1 aromatic heterocycles. The van der Waals surface area contributed by atoms with Crippen LogP contribution in [-0.4, -0.2) is 42.6 Å². The first kappa shape index (κ1) is 17.5. The highest BCUT2D eigenvalue weighted by atomic mass is 16.5. The number of nitrogens with one attached hydrogen (secondary N) is 1. The lowest BCUT2D eigenvalue weighted by atomic mass is 10.1. The van der Waals surface area contributed by atoms with Crippen molar-refractivity contribution in [1.29, 1.82) is 0 Å². The number of aromatic nitrogens is 1. The maximum absolute atomic E-state index is 12.3. The van der Waals surface area contributed by atoms with Crippen molar-refractivity contribution in [2.24, 2.45) is 0 Å². The second-order valence-corrected chi connectivity index (χ2v) is 5.96. The molecule has 0 saturated heterocycles. The number of para-hydroxylation sites is 1. The Hall–Kier alpha value is -3.35. The molecule has 0 aliphatic rings. The number of carbonyl (C=O) groups is 2. The Morgan fingerprint density at radius 1 is 1.15 bits per heavy atom. The van der Waals surface area contributed by atoms with Crippen LogP contribution in [0.5, 0.6) is 5.75 Å². The molecule has 7 nitrogen and oxygen atoms in total. The summed E-state index contributed by atoms with van der Waals surface area (Å²) in [6.45, 7) is -0.0602. The minimum Gasteiger partial charge on any atom is -0.484 e. The first-order valence-electron chi connectivity index (χ1n) is 8.09. The fourth-order valence-corrected chi connectivity index (χ4v) is 2.36. The summed E-state index contributed by atoms with van der Waals surface area (Å²) in [4.78, 5) is 25.3. The zero-order valence-corrected chi connectivity index (χ0v) is 14.6. The van der Waals surface area contributed by atoms with Gasteiger partial charge in [-0.15, -0.1) is 0 Å². The molecule has 0 radical (unpaired) electrons. The Bertz CT molecular complexity index is 933. The Morgan fingerprint density at radius 2 is 1.96 bits per heavy atom. The lowest BCUT2D eigenvalue weighted by Crippen LogP contribution is -2.27. The summed E-state index contributed by atoms with van der Waals surface area (Å²) >= 11 is 0. The van der Waals surface area contributed by atoms with E-state index in [-0.39, 0.29) is 24.8 Å². The molecule has 134 valence electrons. The van der Waals surface area contributed by atoms with E-state index in [0.717, 1.165) is 5.39 Å². The first-order chi connectivity index (χ1) is 12.5. The molecule has 2 amide bonds. The number of likely N-dealkylation sites (N-methyl/N-ethyl adjacent to an activating group) is 1. The second kappa shape index (κ2) is 7.69.